The molecule has 1 saturated heterocycles. The van der Waals surface area contributed by atoms with Crippen LogP contribution in [0, 0.1) is 6.92 Å². The predicted octanol–water partition coefficient (Wildman–Crippen LogP) is 3.44. The number of nitrogens with zero attached hydrogens (tertiary/aromatic N) is 1. The summed E-state index contributed by atoms with van der Waals surface area (Å²) < 4.78 is 0. The van der Waals surface area contributed by atoms with Crippen molar-refractivity contribution in [1.29, 1.82) is 0 Å². The van der Waals surface area contributed by atoms with E-state index < -0.39 is 0 Å². The van der Waals surface area contributed by atoms with Crippen molar-refractivity contribution in [2.75, 3.05) is 18.4 Å². The van der Waals surface area contributed by atoms with Gasteiger partial charge in [-0.15, -0.1) is 0 Å². The van der Waals surface area contributed by atoms with Crippen LogP contribution in [0.5, 0.6) is 0 Å². The highest BCUT2D eigenvalue weighted by Crippen LogP contribution is 2.30. The van der Waals surface area contributed by atoms with E-state index in [-0.39, 0.29) is 11.4 Å². The zero-order valence-electron chi connectivity index (χ0n) is 12.4. The summed E-state index contributed by atoms with van der Waals surface area (Å²) in [6.07, 6.45) is 2.19. The number of carbonyl (C=O) groups is 1. The monoisotopic (exact) mass is 260 g/mol. The van der Waals surface area contributed by atoms with Crippen molar-refractivity contribution in [2.24, 2.45) is 0 Å². The van der Waals surface area contributed by atoms with Gasteiger partial charge in [0.05, 0.1) is 0 Å². The standard InChI is InChI=1S/C16H24N2O/c1-5-17-14-8-7-13(11-12(14)2)15(19)18-10-6-9-16(18,3)4/h7-8,11,17H,5-6,9-10H2,1-4H3. The van der Waals surface area contributed by atoms with Gasteiger partial charge < -0.3 is 10.2 Å². The molecule has 0 unspecified atom stereocenters. The van der Waals surface area contributed by atoms with E-state index in [9.17, 15) is 4.79 Å². The lowest BCUT2D eigenvalue weighted by Crippen LogP contribution is -2.42. The topological polar surface area (TPSA) is 32.3 Å². The Bertz CT molecular complexity index is 480. The van der Waals surface area contributed by atoms with Crippen molar-refractivity contribution in [3.05, 3.63) is 29.3 Å². The number of amides is 1. The van der Waals surface area contributed by atoms with E-state index in [0.717, 1.165) is 42.7 Å². The maximum absolute atomic E-state index is 12.6. The van der Waals surface area contributed by atoms with Gasteiger partial charge in [0.2, 0.25) is 0 Å². The van der Waals surface area contributed by atoms with Crippen molar-refractivity contribution in [1.82, 2.24) is 4.90 Å². The highest BCUT2D eigenvalue weighted by Gasteiger charge is 2.35. The van der Waals surface area contributed by atoms with Crippen LogP contribution in [0.25, 0.3) is 0 Å². The summed E-state index contributed by atoms with van der Waals surface area (Å²) in [6, 6.07) is 5.94. The van der Waals surface area contributed by atoms with Gasteiger partial charge in [-0.1, -0.05) is 0 Å². The molecule has 19 heavy (non-hydrogen) atoms. The van der Waals surface area contributed by atoms with Gasteiger partial charge in [-0.2, -0.15) is 0 Å². The van der Waals surface area contributed by atoms with Crippen LogP contribution in [0.4, 0.5) is 5.69 Å². The Hall–Kier alpha value is -1.51. The SMILES string of the molecule is CCNc1ccc(C(=O)N2CCCC2(C)C)cc1C. The number of nitrogens with one attached hydrogen (secondary N) is 1. The van der Waals surface area contributed by atoms with Crippen molar-refractivity contribution in [2.45, 2.75) is 46.1 Å². The second kappa shape index (κ2) is 5.24. The minimum Gasteiger partial charge on any atom is -0.385 e. The van der Waals surface area contributed by atoms with Gasteiger partial charge in [-0.25, -0.2) is 0 Å². The molecule has 1 aliphatic heterocycles. The molecule has 1 aromatic rings. The molecule has 0 atom stereocenters. The zero-order valence-corrected chi connectivity index (χ0v) is 12.4. The fourth-order valence-corrected chi connectivity index (χ4v) is 2.83. The molecule has 2 rings (SSSR count). The van der Waals surface area contributed by atoms with Crippen molar-refractivity contribution < 1.29 is 4.79 Å². The first-order valence-electron chi connectivity index (χ1n) is 7.12. The fraction of sp³-hybridized carbons (Fsp3) is 0.562. The van der Waals surface area contributed by atoms with E-state index >= 15 is 0 Å². The summed E-state index contributed by atoms with van der Waals surface area (Å²) >= 11 is 0. The van der Waals surface area contributed by atoms with Gasteiger partial charge in [0.1, 0.15) is 0 Å². The Morgan fingerprint density at radius 3 is 2.68 bits per heavy atom. The van der Waals surface area contributed by atoms with Crippen LogP contribution in [-0.2, 0) is 0 Å². The minimum absolute atomic E-state index is 0.00860. The number of carbonyl (C=O) groups excluding carboxylic acids is 1. The summed E-state index contributed by atoms with van der Waals surface area (Å²) in [4.78, 5) is 14.6. The van der Waals surface area contributed by atoms with Gasteiger partial charge >= 0.3 is 0 Å². The van der Waals surface area contributed by atoms with Gasteiger partial charge in [0.15, 0.2) is 0 Å². The van der Waals surface area contributed by atoms with Crippen LogP contribution in [0.2, 0.25) is 0 Å². The van der Waals surface area contributed by atoms with Crippen molar-refractivity contribution in [3.8, 4) is 0 Å². The third-order valence-corrected chi connectivity index (χ3v) is 3.99. The number of hydrogen-bond acceptors (Lipinski definition) is 2. The Balaban J connectivity index is 2.22. The van der Waals surface area contributed by atoms with E-state index in [1.54, 1.807) is 0 Å². The quantitative estimate of drug-likeness (QED) is 0.903. The van der Waals surface area contributed by atoms with Crippen LogP contribution in [0.15, 0.2) is 18.2 Å². The number of likely N-dealkylation sites (tertiary alicyclic amines) is 1. The first kappa shape index (κ1) is 13.9. The lowest BCUT2D eigenvalue weighted by Gasteiger charge is -2.31. The first-order chi connectivity index (χ1) is 8.95. The highest BCUT2D eigenvalue weighted by molar-refractivity contribution is 5.95. The van der Waals surface area contributed by atoms with E-state index in [1.807, 2.05) is 30.0 Å². The minimum atomic E-state index is -0.00860. The molecule has 0 radical (unpaired) electrons. The summed E-state index contributed by atoms with van der Waals surface area (Å²) in [7, 11) is 0. The van der Waals surface area contributed by atoms with E-state index in [2.05, 4.69) is 26.1 Å². The molecule has 1 aromatic carbocycles. The number of rotatable bonds is 3. The second-order valence-corrected chi connectivity index (χ2v) is 5.93. The van der Waals surface area contributed by atoms with E-state index in [1.165, 1.54) is 0 Å². The molecule has 0 spiro atoms. The number of aryl methyl sites for hydroxylation is 1. The lowest BCUT2D eigenvalue weighted by molar-refractivity contribution is 0.0652. The molecule has 104 valence electrons. The van der Waals surface area contributed by atoms with Crippen LogP contribution in [0.1, 0.15) is 49.5 Å². The molecular formula is C16H24N2O. The summed E-state index contributed by atoms with van der Waals surface area (Å²) in [5, 5.41) is 3.30. The molecule has 0 bridgehead atoms. The van der Waals surface area contributed by atoms with Gasteiger partial charge in [0.25, 0.3) is 5.91 Å². The Kier molecular flexibility index (Phi) is 3.83. The van der Waals surface area contributed by atoms with Crippen LogP contribution >= 0.6 is 0 Å². The molecule has 0 aliphatic carbocycles. The van der Waals surface area contributed by atoms with Crippen LogP contribution in [-0.4, -0.2) is 29.4 Å². The Morgan fingerprint density at radius 2 is 2.16 bits per heavy atom. The molecule has 1 N–H and O–H groups in total. The number of anilines is 1. The number of benzene rings is 1. The fourth-order valence-electron chi connectivity index (χ4n) is 2.83. The normalized spacial score (nSPS) is 17.6. The van der Waals surface area contributed by atoms with Crippen molar-refractivity contribution in [3.63, 3.8) is 0 Å². The van der Waals surface area contributed by atoms with Gasteiger partial charge in [-0.05, 0) is 64.3 Å². The molecule has 3 heteroatoms. The molecule has 0 aromatic heterocycles. The average molecular weight is 260 g/mol. The van der Waals surface area contributed by atoms with E-state index in [0.29, 0.717) is 0 Å². The van der Waals surface area contributed by atoms with Crippen LogP contribution in [0.3, 0.4) is 0 Å². The Morgan fingerprint density at radius 1 is 1.42 bits per heavy atom. The van der Waals surface area contributed by atoms with Crippen LogP contribution < -0.4 is 5.32 Å². The highest BCUT2D eigenvalue weighted by atomic mass is 16.2. The third kappa shape index (κ3) is 2.75. The van der Waals surface area contributed by atoms with Crippen molar-refractivity contribution >= 4 is 11.6 Å². The maximum Gasteiger partial charge on any atom is 0.254 e. The Labute approximate surface area is 116 Å². The molecule has 0 saturated carbocycles. The average Bonchev–Trinajstić information content (AvgIpc) is 2.71. The molecular weight excluding hydrogens is 236 g/mol. The number of hydrogen-bond donors (Lipinski definition) is 1. The summed E-state index contributed by atoms with van der Waals surface area (Å²) in [5.74, 6) is 0.161. The smallest absolute Gasteiger partial charge is 0.254 e. The van der Waals surface area contributed by atoms with Gasteiger partial charge in [0, 0.05) is 29.9 Å². The predicted molar refractivity (Wildman–Crippen MR) is 79.7 cm³/mol. The lowest BCUT2D eigenvalue weighted by atomic mass is 10.0. The molecule has 1 amide bonds. The molecule has 3 nitrogen and oxygen atoms in total. The first-order valence-corrected chi connectivity index (χ1v) is 7.12. The zero-order chi connectivity index (χ0) is 14.0. The van der Waals surface area contributed by atoms with Gasteiger partial charge in [-0.3, -0.25) is 4.79 Å². The molecule has 1 heterocycles. The molecule has 1 fully saturated rings. The molecule has 1 aliphatic rings. The second-order valence-electron chi connectivity index (χ2n) is 5.93. The largest absolute Gasteiger partial charge is 0.385 e. The van der Waals surface area contributed by atoms with E-state index in [4.69, 9.17) is 0 Å². The summed E-state index contributed by atoms with van der Waals surface area (Å²) in [5.41, 5.74) is 3.03. The third-order valence-electron chi connectivity index (χ3n) is 3.99. The maximum atomic E-state index is 12.6. The summed E-state index contributed by atoms with van der Waals surface area (Å²) in [6.45, 7) is 10.2.